The van der Waals surface area contributed by atoms with E-state index < -0.39 is 5.60 Å². The van der Waals surface area contributed by atoms with Crippen molar-refractivity contribution in [3.8, 4) is 0 Å². The van der Waals surface area contributed by atoms with Crippen LogP contribution in [0.3, 0.4) is 0 Å². The molecule has 2 rings (SSSR count). The predicted octanol–water partition coefficient (Wildman–Crippen LogP) is 0.781. The third-order valence-electron chi connectivity index (χ3n) is 2.77. The number of amides is 1. The van der Waals surface area contributed by atoms with Crippen LogP contribution in [0, 0.1) is 0 Å². The molecule has 0 fully saturated rings. The number of carbonyl (C=O) groups excluding carboxylic acids is 1. The molecule has 0 spiro atoms. The minimum atomic E-state index is -0.870. The van der Waals surface area contributed by atoms with Gasteiger partial charge in [0.15, 0.2) is 0 Å². The lowest BCUT2D eigenvalue weighted by Crippen LogP contribution is -2.38. The molecule has 1 aromatic rings. The molecular formula is C11H13NO2. The molecule has 0 saturated heterocycles. The number of fused-ring (bicyclic) bond motifs is 1. The second-order valence-electron chi connectivity index (χ2n) is 3.95. The first-order valence-electron chi connectivity index (χ1n) is 4.65. The summed E-state index contributed by atoms with van der Waals surface area (Å²) in [6.07, 6.45) is 1.23. The van der Waals surface area contributed by atoms with Gasteiger partial charge in [-0.2, -0.15) is 0 Å². The molecule has 3 heteroatoms. The van der Waals surface area contributed by atoms with Crippen molar-refractivity contribution in [3.63, 3.8) is 0 Å². The van der Waals surface area contributed by atoms with Crippen molar-refractivity contribution in [1.29, 1.82) is 0 Å². The summed E-state index contributed by atoms with van der Waals surface area (Å²) in [6, 6.07) is 7.50. The molecule has 2 atom stereocenters. The summed E-state index contributed by atoms with van der Waals surface area (Å²) in [5.74, 6) is 0. The molecule has 0 bridgehead atoms. The molecule has 1 aliphatic rings. The molecule has 0 heterocycles. The lowest BCUT2D eigenvalue weighted by molar-refractivity contribution is -0.112. The monoisotopic (exact) mass is 191 g/mol. The summed E-state index contributed by atoms with van der Waals surface area (Å²) in [4.78, 5) is 10.4. The minimum Gasteiger partial charge on any atom is -0.387 e. The summed E-state index contributed by atoms with van der Waals surface area (Å²) in [5.41, 5.74) is 1.26. The third kappa shape index (κ3) is 1.30. The highest BCUT2D eigenvalue weighted by Crippen LogP contribution is 2.38. The van der Waals surface area contributed by atoms with Crippen LogP contribution in [0.1, 0.15) is 24.1 Å². The van der Waals surface area contributed by atoms with Crippen molar-refractivity contribution in [2.24, 2.45) is 0 Å². The normalized spacial score (nSPS) is 29.7. The van der Waals surface area contributed by atoms with Crippen LogP contribution in [0.25, 0.3) is 0 Å². The molecule has 1 aromatic carbocycles. The van der Waals surface area contributed by atoms with Gasteiger partial charge in [0.1, 0.15) is 0 Å². The van der Waals surface area contributed by atoms with Gasteiger partial charge in [-0.25, -0.2) is 0 Å². The molecule has 1 amide bonds. The lowest BCUT2D eigenvalue weighted by Gasteiger charge is -2.25. The van der Waals surface area contributed by atoms with E-state index in [4.69, 9.17) is 0 Å². The standard InChI is InChI=1S/C11H13NO2/c1-11(14)6-8-4-2-3-5-9(8)10(11)12-7-13/h2-5,7,10,14H,6H2,1H3,(H,12,13)/t10-,11?/m1/s1. The topological polar surface area (TPSA) is 49.3 Å². The van der Waals surface area contributed by atoms with E-state index in [1.165, 1.54) is 0 Å². The van der Waals surface area contributed by atoms with Gasteiger partial charge in [-0.15, -0.1) is 0 Å². The Labute approximate surface area is 82.8 Å². The zero-order valence-electron chi connectivity index (χ0n) is 8.03. The molecule has 1 unspecified atom stereocenters. The fraction of sp³-hybridized carbons (Fsp3) is 0.364. The highest BCUT2D eigenvalue weighted by Gasteiger charge is 2.40. The van der Waals surface area contributed by atoms with Crippen LogP contribution in [0.15, 0.2) is 24.3 Å². The Bertz CT molecular complexity index is 360. The van der Waals surface area contributed by atoms with E-state index in [1.54, 1.807) is 6.92 Å². The lowest BCUT2D eigenvalue weighted by atomic mass is 9.98. The summed E-state index contributed by atoms with van der Waals surface area (Å²) in [6.45, 7) is 1.74. The maximum Gasteiger partial charge on any atom is 0.207 e. The summed E-state index contributed by atoms with van der Waals surface area (Å²) in [7, 11) is 0. The quantitative estimate of drug-likeness (QED) is 0.679. The second kappa shape index (κ2) is 3.10. The van der Waals surface area contributed by atoms with Gasteiger partial charge in [0.05, 0.1) is 11.6 Å². The number of rotatable bonds is 2. The summed E-state index contributed by atoms with van der Waals surface area (Å²) >= 11 is 0. The molecule has 0 radical (unpaired) electrons. The summed E-state index contributed by atoms with van der Waals surface area (Å²) < 4.78 is 0. The Balaban J connectivity index is 2.42. The fourth-order valence-corrected chi connectivity index (χ4v) is 2.14. The zero-order valence-corrected chi connectivity index (χ0v) is 8.03. The molecule has 0 aliphatic heterocycles. The smallest absolute Gasteiger partial charge is 0.207 e. The largest absolute Gasteiger partial charge is 0.387 e. The highest BCUT2D eigenvalue weighted by molar-refractivity contribution is 5.51. The third-order valence-corrected chi connectivity index (χ3v) is 2.77. The predicted molar refractivity (Wildman–Crippen MR) is 52.7 cm³/mol. The molecule has 1 aliphatic carbocycles. The van der Waals surface area contributed by atoms with E-state index >= 15 is 0 Å². The van der Waals surface area contributed by atoms with Gasteiger partial charge in [0.2, 0.25) is 6.41 Å². The Morgan fingerprint density at radius 3 is 3.00 bits per heavy atom. The molecule has 0 saturated carbocycles. The highest BCUT2D eigenvalue weighted by atomic mass is 16.3. The van der Waals surface area contributed by atoms with Gasteiger partial charge in [0.25, 0.3) is 0 Å². The van der Waals surface area contributed by atoms with Crippen LogP contribution in [-0.2, 0) is 11.2 Å². The summed E-state index contributed by atoms with van der Waals surface area (Å²) in [5, 5.41) is 12.7. The molecular weight excluding hydrogens is 178 g/mol. The average Bonchev–Trinajstić information content (AvgIpc) is 2.39. The van der Waals surface area contributed by atoms with Crippen molar-refractivity contribution >= 4 is 6.41 Å². The number of benzene rings is 1. The van der Waals surface area contributed by atoms with Crippen molar-refractivity contribution in [3.05, 3.63) is 35.4 Å². The van der Waals surface area contributed by atoms with Crippen LogP contribution < -0.4 is 5.32 Å². The molecule has 0 aromatic heterocycles. The maximum atomic E-state index is 10.4. The van der Waals surface area contributed by atoms with Crippen LogP contribution in [0.5, 0.6) is 0 Å². The fourth-order valence-electron chi connectivity index (χ4n) is 2.14. The first kappa shape index (κ1) is 9.21. The van der Waals surface area contributed by atoms with Crippen molar-refractivity contribution < 1.29 is 9.90 Å². The Morgan fingerprint density at radius 1 is 1.57 bits per heavy atom. The Morgan fingerprint density at radius 2 is 2.29 bits per heavy atom. The van der Waals surface area contributed by atoms with Crippen LogP contribution >= 0.6 is 0 Å². The molecule has 14 heavy (non-hydrogen) atoms. The molecule has 2 N–H and O–H groups in total. The van der Waals surface area contributed by atoms with Gasteiger partial charge in [-0.1, -0.05) is 24.3 Å². The Kier molecular flexibility index (Phi) is 2.04. The second-order valence-corrected chi connectivity index (χ2v) is 3.95. The van der Waals surface area contributed by atoms with Crippen molar-refractivity contribution in [1.82, 2.24) is 5.32 Å². The average molecular weight is 191 g/mol. The van der Waals surface area contributed by atoms with Gasteiger partial charge >= 0.3 is 0 Å². The van der Waals surface area contributed by atoms with E-state index in [0.29, 0.717) is 12.8 Å². The molecule has 74 valence electrons. The zero-order chi connectivity index (χ0) is 10.2. The van der Waals surface area contributed by atoms with E-state index in [2.05, 4.69) is 5.32 Å². The minimum absolute atomic E-state index is 0.281. The number of nitrogens with one attached hydrogen (secondary N) is 1. The first-order valence-corrected chi connectivity index (χ1v) is 4.65. The number of carbonyl (C=O) groups is 1. The van der Waals surface area contributed by atoms with E-state index in [1.807, 2.05) is 24.3 Å². The van der Waals surface area contributed by atoms with Gasteiger partial charge in [-0.05, 0) is 18.1 Å². The van der Waals surface area contributed by atoms with Crippen molar-refractivity contribution in [2.45, 2.75) is 25.0 Å². The van der Waals surface area contributed by atoms with Crippen LogP contribution in [-0.4, -0.2) is 17.1 Å². The van der Waals surface area contributed by atoms with E-state index in [-0.39, 0.29) is 6.04 Å². The van der Waals surface area contributed by atoms with Gasteiger partial charge in [-0.3, -0.25) is 4.79 Å². The van der Waals surface area contributed by atoms with E-state index in [0.717, 1.165) is 11.1 Å². The van der Waals surface area contributed by atoms with Gasteiger partial charge in [0, 0.05) is 6.42 Å². The number of hydrogen-bond acceptors (Lipinski definition) is 2. The SMILES string of the molecule is CC1(O)Cc2ccccc2[C@H]1NC=O. The van der Waals surface area contributed by atoms with Gasteiger partial charge < -0.3 is 10.4 Å². The Hall–Kier alpha value is -1.35. The first-order chi connectivity index (χ1) is 6.65. The van der Waals surface area contributed by atoms with E-state index in [9.17, 15) is 9.90 Å². The number of aliphatic hydroxyl groups is 1. The maximum absolute atomic E-state index is 10.4. The van der Waals surface area contributed by atoms with Crippen LogP contribution in [0.4, 0.5) is 0 Å². The molecule has 3 nitrogen and oxygen atoms in total. The van der Waals surface area contributed by atoms with Crippen LogP contribution in [0.2, 0.25) is 0 Å². The number of hydrogen-bond donors (Lipinski definition) is 2. The van der Waals surface area contributed by atoms with Crippen molar-refractivity contribution in [2.75, 3.05) is 0 Å².